The van der Waals surface area contributed by atoms with Crippen LogP contribution in [0.5, 0.6) is 5.88 Å². The number of aliphatic hydroxyl groups is 1. The molecule has 0 unspecified atom stereocenters. The molecule has 44 heavy (non-hydrogen) atoms. The van der Waals surface area contributed by atoms with Crippen molar-refractivity contribution in [3.63, 3.8) is 0 Å². The number of anilines is 3. The molecule has 0 aliphatic carbocycles. The number of benzene rings is 1. The van der Waals surface area contributed by atoms with Gasteiger partial charge in [-0.1, -0.05) is 25.4 Å². The second-order valence-electron chi connectivity index (χ2n) is 11.8. The van der Waals surface area contributed by atoms with Crippen LogP contribution in [-0.2, 0) is 14.3 Å². The Morgan fingerprint density at radius 3 is 2.61 bits per heavy atom. The van der Waals surface area contributed by atoms with Gasteiger partial charge in [0.25, 0.3) is 5.88 Å². The minimum absolute atomic E-state index is 0.00350. The molecule has 0 saturated carbocycles. The molecular formula is C30H37ClFN7O5. The molecule has 0 bridgehead atoms. The summed E-state index contributed by atoms with van der Waals surface area (Å²) in [5.41, 5.74) is 0.905. The van der Waals surface area contributed by atoms with Crippen LogP contribution in [-0.4, -0.2) is 102 Å². The number of pyridine rings is 1. The summed E-state index contributed by atoms with van der Waals surface area (Å²) in [6.07, 6.45) is 1.88. The highest BCUT2D eigenvalue weighted by Gasteiger charge is 2.40. The summed E-state index contributed by atoms with van der Waals surface area (Å²) in [5.74, 6) is -2.31. The van der Waals surface area contributed by atoms with Crippen LogP contribution in [0.25, 0.3) is 11.3 Å². The number of nitrogens with zero attached hydrogens (tertiary/aromatic N) is 5. The Kier molecular flexibility index (Phi) is 9.93. The third-order valence-corrected chi connectivity index (χ3v) is 7.53. The van der Waals surface area contributed by atoms with Crippen LogP contribution in [0.2, 0.25) is 5.02 Å². The lowest BCUT2D eigenvalue weighted by molar-refractivity contribution is -0.407. The fourth-order valence-electron chi connectivity index (χ4n) is 4.61. The smallest absolute Gasteiger partial charge is 0.316 e. The van der Waals surface area contributed by atoms with Crippen molar-refractivity contribution < 1.29 is 28.5 Å². The molecule has 5 rings (SSSR count). The standard InChI is InChI=1S/C30H37ClFN7O5/c1-29(2)17-43-30(41,44-18-29)19-42-28-25(16-24(36-37-28)22-14-20(31)4-5-23(22)32)34-21-6-8-33-26(15-21)35-27(40)7-9-39-12-10-38(3)11-13-39/h4-6,8,14-16,41H,7,9-13,17-19H2,1-3H3,(H2,33,34,35,36,40). The SMILES string of the molecule is CN1CCN(CCC(=O)Nc2cc(Nc3cc(-c4cc(Cl)ccc4F)nnc3OCC3(O)OCC(C)(C)CO3)ccn2)CC1. The Hall–Kier alpha value is -3.46. The van der Waals surface area contributed by atoms with E-state index in [1.807, 2.05) is 13.8 Å². The van der Waals surface area contributed by atoms with E-state index in [0.717, 1.165) is 26.2 Å². The molecule has 1 aromatic carbocycles. The highest BCUT2D eigenvalue weighted by molar-refractivity contribution is 6.30. The largest absolute Gasteiger partial charge is 0.466 e. The van der Waals surface area contributed by atoms with E-state index in [9.17, 15) is 14.3 Å². The van der Waals surface area contributed by atoms with Gasteiger partial charge in [0, 0.05) is 73.1 Å². The van der Waals surface area contributed by atoms with Gasteiger partial charge >= 0.3 is 5.97 Å². The van der Waals surface area contributed by atoms with Crippen molar-refractivity contribution in [1.29, 1.82) is 0 Å². The third kappa shape index (κ3) is 8.58. The maximum absolute atomic E-state index is 14.7. The summed E-state index contributed by atoms with van der Waals surface area (Å²) in [6.45, 7) is 8.52. The number of amides is 1. The summed E-state index contributed by atoms with van der Waals surface area (Å²) in [4.78, 5) is 21.5. The van der Waals surface area contributed by atoms with Crippen LogP contribution in [0.4, 0.5) is 21.6 Å². The number of hydrogen-bond donors (Lipinski definition) is 3. The van der Waals surface area contributed by atoms with Crippen molar-refractivity contribution in [2.24, 2.45) is 5.41 Å². The van der Waals surface area contributed by atoms with Crippen molar-refractivity contribution in [2.75, 3.05) is 70.2 Å². The first-order chi connectivity index (χ1) is 21.0. The van der Waals surface area contributed by atoms with Crippen molar-refractivity contribution in [3.05, 3.63) is 53.4 Å². The third-order valence-electron chi connectivity index (χ3n) is 7.29. The molecular weight excluding hydrogens is 593 g/mol. The molecule has 3 N–H and O–H groups in total. The minimum Gasteiger partial charge on any atom is -0.466 e. The topological polar surface area (TPSA) is 134 Å². The van der Waals surface area contributed by atoms with Gasteiger partial charge in [-0.2, -0.15) is 0 Å². The molecule has 2 saturated heterocycles. The first-order valence-electron chi connectivity index (χ1n) is 14.4. The van der Waals surface area contributed by atoms with Crippen LogP contribution >= 0.6 is 11.6 Å². The van der Waals surface area contributed by atoms with Gasteiger partial charge in [0.1, 0.15) is 17.3 Å². The van der Waals surface area contributed by atoms with E-state index in [1.165, 1.54) is 18.2 Å². The molecule has 2 aromatic heterocycles. The molecule has 3 aromatic rings. The highest BCUT2D eigenvalue weighted by atomic mass is 35.5. The zero-order chi connectivity index (χ0) is 31.3. The van der Waals surface area contributed by atoms with E-state index < -0.39 is 18.4 Å². The molecule has 14 heteroatoms. The van der Waals surface area contributed by atoms with E-state index in [0.29, 0.717) is 35.2 Å². The van der Waals surface area contributed by atoms with Gasteiger partial charge in [0.05, 0.1) is 18.9 Å². The van der Waals surface area contributed by atoms with Crippen molar-refractivity contribution in [3.8, 4) is 17.1 Å². The molecule has 2 aliphatic rings. The summed E-state index contributed by atoms with van der Waals surface area (Å²) in [5, 5.41) is 25.4. The number of carbonyl (C=O) groups is 1. The van der Waals surface area contributed by atoms with E-state index in [1.54, 1.807) is 24.4 Å². The Morgan fingerprint density at radius 1 is 1.11 bits per heavy atom. The van der Waals surface area contributed by atoms with E-state index >= 15 is 0 Å². The molecule has 0 atom stereocenters. The lowest BCUT2D eigenvalue weighted by Crippen LogP contribution is -2.51. The van der Waals surface area contributed by atoms with Gasteiger partial charge in [-0.05, 0) is 37.4 Å². The van der Waals surface area contributed by atoms with Gasteiger partial charge in [-0.25, -0.2) is 9.37 Å². The summed E-state index contributed by atoms with van der Waals surface area (Å²) >= 11 is 6.11. The Bertz CT molecular complexity index is 1460. The molecule has 2 fully saturated rings. The maximum Gasteiger partial charge on any atom is 0.316 e. The maximum atomic E-state index is 14.7. The summed E-state index contributed by atoms with van der Waals surface area (Å²) < 4.78 is 31.5. The van der Waals surface area contributed by atoms with E-state index in [-0.39, 0.29) is 41.7 Å². The first kappa shape index (κ1) is 31.9. The zero-order valence-corrected chi connectivity index (χ0v) is 25.7. The molecule has 12 nitrogen and oxygen atoms in total. The fourth-order valence-corrected chi connectivity index (χ4v) is 4.79. The van der Waals surface area contributed by atoms with Gasteiger partial charge in [-0.15, -0.1) is 10.2 Å². The number of carbonyl (C=O) groups excluding carboxylic acids is 1. The molecule has 0 spiro atoms. The van der Waals surface area contributed by atoms with Crippen LogP contribution in [0.15, 0.2) is 42.6 Å². The fraction of sp³-hybridized carbons (Fsp3) is 0.467. The van der Waals surface area contributed by atoms with Crippen LogP contribution in [0.1, 0.15) is 20.3 Å². The summed E-state index contributed by atoms with van der Waals surface area (Å²) in [7, 11) is 2.09. The molecule has 236 valence electrons. The predicted molar refractivity (Wildman–Crippen MR) is 163 cm³/mol. The van der Waals surface area contributed by atoms with Crippen LogP contribution < -0.4 is 15.4 Å². The number of likely N-dealkylation sites (N-methyl/N-ethyl adjacent to an activating group) is 1. The van der Waals surface area contributed by atoms with Crippen molar-refractivity contribution in [2.45, 2.75) is 26.2 Å². The lowest BCUT2D eigenvalue weighted by atomic mass is 9.95. The average Bonchev–Trinajstić information content (AvgIpc) is 2.99. The number of rotatable bonds is 10. The molecule has 4 heterocycles. The van der Waals surface area contributed by atoms with E-state index in [2.05, 4.69) is 42.7 Å². The first-order valence-corrected chi connectivity index (χ1v) is 14.7. The number of ether oxygens (including phenoxy) is 3. The zero-order valence-electron chi connectivity index (χ0n) is 25.0. The average molecular weight is 630 g/mol. The summed E-state index contributed by atoms with van der Waals surface area (Å²) in [6, 6.07) is 9.01. The van der Waals surface area contributed by atoms with Gasteiger partial charge in [0.2, 0.25) is 5.91 Å². The second-order valence-corrected chi connectivity index (χ2v) is 12.2. The van der Waals surface area contributed by atoms with Crippen molar-refractivity contribution in [1.82, 2.24) is 25.0 Å². The van der Waals surface area contributed by atoms with Gasteiger partial charge < -0.3 is 39.8 Å². The Balaban J connectivity index is 1.31. The second kappa shape index (κ2) is 13.7. The van der Waals surface area contributed by atoms with E-state index in [4.69, 9.17) is 25.8 Å². The quantitative estimate of drug-likeness (QED) is 0.303. The Labute approximate surface area is 260 Å². The Morgan fingerprint density at radius 2 is 1.86 bits per heavy atom. The number of piperazine rings is 1. The lowest BCUT2D eigenvalue weighted by Gasteiger charge is -2.39. The minimum atomic E-state index is -1.98. The van der Waals surface area contributed by atoms with Crippen molar-refractivity contribution >= 4 is 34.7 Å². The predicted octanol–water partition coefficient (Wildman–Crippen LogP) is 3.75. The number of hydrogen-bond acceptors (Lipinski definition) is 11. The normalized spacial score (nSPS) is 18.5. The highest BCUT2D eigenvalue weighted by Crippen LogP contribution is 2.33. The van der Waals surface area contributed by atoms with Gasteiger partial charge in [0.15, 0.2) is 6.61 Å². The molecule has 2 aliphatic heterocycles. The van der Waals surface area contributed by atoms with Crippen LogP contribution in [0.3, 0.4) is 0 Å². The number of halogens is 2. The monoisotopic (exact) mass is 629 g/mol. The van der Waals surface area contributed by atoms with Gasteiger partial charge in [-0.3, -0.25) is 4.79 Å². The molecule has 0 radical (unpaired) electrons. The number of aromatic nitrogens is 3. The van der Waals surface area contributed by atoms with Crippen LogP contribution in [0, 0.1) is 11.2 Å². The molecule has 1 amide bonds. The number of nitrogens with one attached hydrogen (secondary N) is 2.